The molecule has 1 aromatic rings. The molecule has 1 saturated carbocycles. The van der Waals surface area contributed by atoms with Crippen molar-refractivity contribution >= 4 is 0 Å². The highest BCUT2D eigenvalue weighted by atomic mass is 15.0. The van der Waals surface area contributed by atoms with Gasteiger partial charge in [-0.15, -0.1) is 0 Å². The second-order valence-corrected chi connectivity index (χ2v) is 7.02. The number of aryl methyl sites for hydroxylation is 1. The fourth-order valence-corrected chi connectivity index (χ4v) is 3.42. The quantitative estimate of drug-likeness (QED) is 0.904. The lowest BCUT2D eigenvalue weighted by Crippen LogP contribution is -2.45. The molecule has 0 bridgehead atoms. The zero-order valence-corrected chi connectivity index (χ0v) is 12.9. The van der Waals surface area contributed by atoms with Crippen molar-refractivity contribution in [1.82, 2.24) is 14.9 Å². The summed E-state index contributed by atoms with van der Waals surface area (Å²) in [4.78, 5) is 4.39. The van der Waals surface area contributed by atoms with Gasteiger partial charge in [0.1, 0.15) is 5.82 Å². The van der Waals surface area contributed by atoms with Crippen LogP contribution in [0.4, 0.5) is 0 Å². The number of aromatic nitrogens is 2. The Morgan fingerprint density at radius 1 is 1.32 bits per heavy atom. The van der Waals surface area contributed by atoms with Crippen LogP contribution >= 0.6 is 0 Å². The zero-order chi connectivity index (χ0) is 13.9. The van der Waals surface area contributed by atoms with Crippen LogP contribution in [0.5, 0.6) is 0 Å². The van der Waals surface area contributed by atoms with Gasteiger partial charge in [0.2, 0.25) is 0 Å². The van der Waals surface area contributed by atoms with Crippen LogP contribution in [-0.2, 0) is 13.5 Å². The van der Waals surface area contributed by atoms with Crippen molar-refractivity contribution in [3.05, 3.63) is 18.2 Å². The topological polar surface area (TPSA) is 29.9 Å². The maximum atomic E-state index is 4.39. The number of hydrogen-bond donors (Lipinski definition) is 1. The zero-order valence-electron chi connectivity index (χ0n) is 12.9. The lowest BCUT2D eigenvalue weighted by Gasteiger charge is -2.41. The molecule has 1 heterocycles. The highest BCUT2D eigenvalue weighted by Gasteiger charge is 2.33. The summed E-state index contributed by atoms with van der Waals surface area (Å²) in [6, 6.07) is 0.689. The fourth-order valence-electron chi connectivity index (χ4n) is 3.42. The highest BCUT2D eigenvalue weighted by Crippen LogP contribution is 2.37. The van der Waals surface area contributed by atoms with E-state index in [9.17, 15) is 0 Å². The standard InChI is InChI=1S/C16H29N3/c1-16(2,3)13-7-5-6-8-14(13)17-10-9-15-18-11-12-19(15)4/h11-14,17H,5-10H2,1-4H3. The van der Waals surface area contributed by atoms with E-state index >= 15 is 0 Å². The van der Waals surface area contributed by atoms with Gasteiger partial charge in [-0.1, -0.05) is 33.6 Å². The first-order valence-electron chi connectivity index (χ1n) is 7.68. The molecule has 0 amide bonds. The van der Waals surface area contributed by atoms with E-state index in [4.69, 9.17) is 0 Å². The SMILES string of the molecule is Cn1ccnc1CCNC1CCCCC1C(C)(C)C. The molecule has 2 rings (SSSR count). The molecule has 1 aromatic heterocycles. The minimum Gasteiger partial charge on any atom is -0.338 e. The molecule has 0 aromatic carbocycles. The highest BCUT2D eigenvalue weighted by molar-refractivity contribution is 4.93. The number of hydrogen-bond acceptors (Lipinski definition) is 2. The molecular weight excluding hydrogens is 234 g/mol. The Balaban J connectivity index is 1.85. The van der Waals surface area contributed by atoms with E-state index in [1.807, 2.05) is 12.4 Å². The fraction of sp³-hybridized carbons (Fsp3) is 0.812. The molecule has 19 heavy (non-hydrogen) atoms. The van der Waals surface area contributed by atoms with Crippen LogP contribution in [0.1, 0.15) is 52.3 Å². The summed E-state index contributed by atoms with van der Waals surface area (Å²) in [5.74, 6) is 1.98. The minimum absolute atomic E-state index is 0.418. The predicted molar refractivity (Wildman–Crippen MR) is 80.1 cm³/mol. The molecule has 2 atom stereocenters. The van der Waals surface area contributed by atoms with Crippen molar-refractivity contribution in [3.8, 4) is 0 Å². The van der Waals surface area contributed by atoms with Gasteiger partial charge < -0.3 is 9.88 Å². The molecule has 0 saturated heterocycles. The van der Waals surface area contributed by atoms with Gasteiger partial charge in [0, 0.05) is 38.4 Å². The number of nitrogens with one attached hydrogen (secondary N) is 1. The normalized spacial score (nSPS) is 24.6. The van der Waals surface area contributed by atoms with Gasteiger partial charge in [0.05, 0.1) is 0 Å². The van der Waals surface area contributed by atoms with Gasteiger partial charge in [-0.25, -0.2) is 4.98 Å². The number of nitrogens with zero attached hydrogens (tertiary/aromatic N) is 2. The van der Waals surface area contributed by atoms with Crippen molar-refractivity contribution in [2.45, 2.75) is 58.9 Å². The Labute approximate surface area is 117 Å². The van der Waals surface area contributed by atoms with Crippen LogP contribution in [0.15, 0.2) is 12.4 Å². The van der Waals surface area contributed by atoms with Gasteiger partial charge in [-0.2, -0.15) is 0 Å². The van der Waals surface area contributed by atoms with Crippen molar-refractivity contribution in [1.29, 1.82) is 0 Å². The molecule has 0 radical (unpaired) electrons. The average molecular weight is 263 g/mol. The monoisotopic (exact) mass is 263 g/mol. The second kappa shape index (κ2) is 6.08. The molecule has 3 nitrogen and oxygen atoms in total. The van der Waals surface area contributed by atoms with Crippen molar-refractivity contribution < 1.29 is 0 Å². The van der Waals surface area contributed by atoms with Crippen LogP contribution in [-0.4, -0.2) is 22.1 Å². The maximum Gasteiger partial charge on any atom is 0.109 e. The summed E-state index contributed by atoms with van der Waals surface area (Å²) in [5.41, 5.74) is 0.418. The van der Waals surface area contributed by atoms with Crippen LogP contribution in [0.3, 0.4) is 0 Å². The Kier molecular flexibility index (Phi) is 4.67. The third-order valence-corrected chi connectivity index (χ3v) is 4.55. The Morgan fingerprint density at radius 3 is 2.68 bits per heavy atom. The smallest absolute Gasteiger partial charge is 0.109 e. The van der Waals surface area contributed by atoms with Gasteiger partial charge in [0.25, 0.3) is 0 Å². The van der Waals surface area contributed by atoms with E-state index in [0.29, 0.717) is 11.5 Å². The van der Waals surface area contributed by atoms with E-state index in [1.54, 1.807) is 0 Å². The Hall–Kier alpha value is -0.830. The molecule has 1 N–H and O–H groups in total. The van der Waals surface area contributed by atoms with Crippen LogP contribution in [0, 0.1) is 11.3 Å². The van der Waals surface area contributed by atoms with Crippen molar-refractivity contribution in [2.24, 2.45) is 18.4 Å². The molecular formula is C16H29N3. The third kappa shape index (κ3) is 3.82. The van der Waals surface area contributed by atoms with E-state index < -0.39 is 0 Å². The van der Waals surface area contributed by atoms with Crippen LogP contribution in [0.25, 0.3) is 0 Å². The molecule has 1 fully saturated rings. The van der Waals surface area contributed by atoms with Crippen LogP contribution < -0.4 is 5.32 Å². The van der Waals surface area contributed by atoms with Gasteiger partial charge >= 0.3 is 0 Å². The summed E-state index contributed by atoms with van der Waals surface area (Å²) in [6.45, 7) is 8.20. The molecule has 108 valence electrons. The van der Waals surface area contributed by atoms with E-state index in [2.05, 4.69) is 42.7 Å². The average Bonchev–Trinajstić information content (AvgIpc) is 2.75. The summed E-state index contributed by atoms with van der Waals surface area (Å²) < 4.78 is 2.11. The third-order valence-electron chi connectivity index (χ3n) is 4.55. The minimum atomic E-state index is 0.418. The van der Waals surface area contributed by atoms with Crippen molar-refractivity contribution in [3.63, 3.8) is 0 Å². The first kappa shape index (κ1) is 14.6. The second-order valence-electron chi connectivity index (χ2n) is 7.02. The number of rotatable bonds is 4. The largest absolute Gasteiger partial charge is 0.338 e. The summed E-state index contributed by atoms with van der Waals surface area (Å²) in [6.07, 6.45) is 10.4. The Morgan fingerprint density at radius 2 is 2.05 bits per heavy atom. The van der Waals surface area contributed by atoms with E-state index in [-0.39, 0.29) is 0 Å². The van der Waals surface area contributed by atoms with E-state index in [1.165, 1.54) is 31.5 Å². The van der Waals surface area contributed by atoms with Crippen molar-refractivity contribution in [2.75, 3.05) is 6.54 Å². The lowest BCUT2D eigenvalue weighted by molar-refractivity contribution is 0.131. The predicted octanol–water partition coefficient (Wildman–Crippen LogP) is 3.16. The van der Waals surface area contributed by atoms with E-state index in [0.717, 1.165) is 18.9 Å². The maximum absolute atomic E-state index is 4.39. The summed E-state index contributed by atoms with van der Waals surface area (Å²) >= 11 is 0. The van der Waals surface area contributed by atoms with Gasteiger partial charge in [-0.05, 0) is 24.2 Å². The molecule has 2 unspecified atom stereocenters. The molecule has 1 aliphatic rings. The lowest BCUT2D eigenvalue weighted by atomic mass is 9.69. The molecule has 1 aliphatic carbocycles. The van der Waals surface area contributed by atoms with Gasteiger partial charge in [-0.3, -0.25) is 0 Å². The molecule has 0 aliphatic heterocycles. The number of imidazole rings is 1. The Bertz CT molecular complexity index is 389. The van der Waals surface area contributed by atoms with Crippen LogP contribution in [0.2, 0.25) is 0 Å². The molecule has 0 spiro atoms. The summed E-state index contributed by atoms with van der Waals surface area (Å²) in [5, 5.41) is 3.79. The van der Waals surface area contributed by atoms with Gasteiger partial charge in [0.15, 0.2) is 0 Å². The first-order chi connectivity index (χ1) is 8.98. The molecule has 3 heteroatoms. The first-order valence-corrected chi connectivity index (χ1v) is 7.68. The summed E-state index contributed by atoms with van der Waals surface area (Å²) in [7, 11) is 2.07.